The fourth-order valence-corrected chi connectivity index (χ4v) is 1.56. The molecule has 1 unspecified atom stereocenters. The zero-order valence-corrected chi connectivity index (χ0v) is 12.8. The zero-order valence-electron chi connectivity index (χ0n) is 12.8. The quantitative estimate of drug-likeness (QED) is 0.537. The predicted molar refractivity (Wildman–Crippen MR) is 73.6 cm³/mol. The van der Waals surface area contributed by atoms with Crippen LogP contribution in [0.2, 0.25) is 0 Å². The van der Waals surface area contributed by atoms with Gasteiger partial charge >= 0.3 is 5.97 Å². The van der Waals surface area contributed by atoms with Gasteiger partial charge < -0.3 is 14.8 Å². The van der Waals surface area contributed by atoms with Crippen LogP contribution in [0.5, 0.6) is 0 Å². The summed E-state index contributed by atoms with van der Waals surface area (Å²) in [4.78, 5) is 11.6. The first-order valence-corrected chi connectivity index (χ1v) is 6.60. The third-order valence-electron chi connectivity index (χ3n) is 3.15. The third-order valence-corrected chi connectivity index (χ3v) is 3.15. The molecule has 0 aliphatic heterocycles. The van der Waals surface area contributed by atoms with Crippen LogP contribution >= 0.6 is 0 Å². The second kappa shape index (κ2) is 7.74. The van der Waals surface area contributed by atoms with Gasteiger partial charge in [0.15, 0.2) is 0 Å². The van der Waals surface area contributed by atoms with E-state index in [2.05, 4.69) is 26.1 Å². The van der Waals surface area contributed by atoms with Crippen molar-refractivity contribution >= 4 is 5.97 Å². The lowest BCUT2D eigenvalue weighted by Gasteiger charge is -2.26. The van der Waals surface area contributed by atoms with Crippen LogP contribution in [0.25, 0.3) is 0 Å². The van der Waals surface area contributed by atoms with E-state index in [0.29, 0.717) is 18.4 Å². The second-order valence-electron chi connectivity index (χ2n) is 6.10. The van der Waals surface area contributed by atoms with Crippen molar-refractivity contribution in [2.75, 3.05) is 27.4 Å². The summed E-state index contributed by atoms with van der Waals surface area (Å²) in [5.41, 5.74) is -0.298. The van der Waals surface area contributed by atoms with Gasteiger partial charge in [-0.05, 0) is 38.6 Å². The normalized spacial score (nSPS) is 15.2. The molecule has 0 saturated carbocycles. The Balaban J connectivity index is 3.79. The maximum absolute atomic E-state index is 11.6. The summed E-state index contributed by atoms with van der Waals surface area (Å²) < 4.78 is 10.4. The molecule has 1 N–H and O–H groups in total. The van der Waals surface area contributed by atoms with E-state index in [0.717, 1.165) is 19.4 Å². The molecule has 0 rings (SSSR count). The van der Waals surface area contributed by atoms with E-state index in [9.17, 15) is 4.79 Å². The molecule has 0 aliphatic rings. The molecule has 0 saturated heterocycles. The number of methoxy groups -OCH3 is 1. The Morgan fingerprint density at radius 2 is 1.72 bits per heavy atom. The first kappa shape index (κ1) is 17.4. The van der Waals surface area contributed by atoms with Gasteiger partial charge in [-0.15, -0.1) is 0 Å². The molecule has 0 bridgehead atoms. The minimum atomic E-state index is -0.609. The van der Waals surface area contributed by atoms with Crippen LogP contribution in [-0.2, 0) is 14.3 Å². The number of likely N-dealkylation sites (N-methyl/N-ethyl adjacent to an activating group) is 1. The number of carbonyl (C=O) groups is 1. The summed E-state index contributed by atoms with van der Waals surface area (Å²) in [6.07, 6.45) is 2.61. The van der Waals surface area contributed by atoms with Crippen LogP contribution in [0.1, 0.15) is 47.0 Å². The molecule has 18 heavy (non-hydrogen) atoms. The molecule has 4 heteroatoms. The highest BCUT2D eigenvalue weighted by atomic mass is 16.5. The molecule has 0 fully saturated rings. The van der Waals surface area contributed by atoms with Crippen LogP contribution < -0.4 is 5.32 Å². The molecule has 108 valence electrons. The van der Waals surface area contributed by atoms with Crippen molar-refractivity contribution < 1.29 is 14.3 Å². The first-order chi connectivity index (χ1) is 8.25. The summed E-state index contributed by atoms with van der Waals surface area (Å²) in [6.45, 7) is 9.92. The van der Waals surface area contributed by atoms with E-state index < -0.39 is 5.54 Å². The molecule has 0 radical (unpaired) electrons. The van der Waals surface area contributed by atoms with Gasteiger partial charge in [-0.1, -0.05) is 20.8 Å². The van der Waals surface area contributed by atoms with E-state index in [4.69, 9.17) is 9.47 Å². The lowest BCUT2D eigenvalue weighted by molar-refractivity contribution is -0.148. The average molecular weight is 259 g/mol. The van der Waals surface area contributed by atoms with E-state index in [1.807, 2.05) is 6.92 Å². The van der Waals surface area contributed by atoms with Crippen LogP contribution in [-0.4, -0.2) is 38.9 Å². The number of ether oxygens (including phenoxy) is 2. The minimum absolute atomic E-state index is 0.223. The molecule has 0 aliphatic carbocycles. The monoisotopic (exact) mass is 259 g/mol. The van der Waals surface area contributed by atoms with Crippen LogP contribution in [0.4, 0.5) is 0 Å². The van der Waals surface area contributed by atoms with Crippen molar-refractivity contribution in [3.63, 3.8) is 0 Å². The summed E-state index contributed by atoms with van der Waals surface area (Å²) in [5.74, 6) is -0.223. The zero-order chi connectivity index (χ0) is 14.2. The van der Waals surface area contributed by atoms with Crippen molar-refractivity contribution in [3.8, 4) is 0 Å². The SMILES string of the molecule is CNC(C)(CCCOCCC(C)(C)C)C(=O)OC. The van der Waals surface area contributed by atoms with Gasteiger partial charge in [0.25, 0.3) is 0 Å². The van der Waals surface area contributed by atoms with Gasteiger partial charge in [0.05, 0.1) is 7.11 Å². The second-order valence-corrected chi connectivity index (χ2v) is 6.10. The lowest BCUT2D eigenvalue weighted by atomic mass is 9.93. The molecule has 0 aromatic carbocycles. The molecule has 0 aromatic heterocycles. The number of hydrogen-bond acceptors (Lipinski definition) is 4. The standard InChI is InChI=1S/C14H29NO3/c1-13(2,3)9-11-18-10-7-8-14(4,15-5)12(16)17-6/h15H,7-11H2,1-6H3. The Kier molecular flexibility index (Phi) is 7.48. The largest absolute Gasteiger partial charge is 0.468 e. The molecular weight excluding hydrogens is 230 g/mol. The highest BCUT2D eigenvalue weighted by Crippen LogP contribution is 2.18. The van der Waals surface area contributed by atoms with E-state index in [1.54, 1.807) is 7.05 Å². The fourth-order valence-electron chi connectivity index (χ4n) is 1.56. The topological polar surface area (TPSA) is 47.6 Å². The van der Waals surface area contributed by atoms with Gasteiger partial charge in [0, 0.05) is 13.2 Å². The molecule has 0 amide bonds. The third kappa shape index (κ3) is 6.97. The Morgan fingerprint density at radius 1 is 1.11 bits per heavy atom. The molecular formula is C14H29NO3. The molecule has 0 heterocycles. The Labute approximate surface area is 111 Å². The predicted octanol–water partition coefficient (Wildman–Crippen LogP) is 2.37. The molecule has 0 aromatic rings. The number of hydrogen-bond donors (Lipinski definition) is 1. The Morgan fingerprint density at radius 3 is 2.17 bits per heavy atom. The Bertz CT molecular complexity index is 248. The van der Waals surface area contributed by atoms with Gasteiger partial charge in [-0.3, -0.25) is 4.79 Å². The van der Waals surface area contributed by atoms with Crippen molar-refractivity contribution in [2.24, 2.45) is 5.41 Å². The first-order valence-electron chi connectivity index (χ1n) is 6.60. The number of carbonyl (C=O) groups excluding carboxylic acids is 1. The highest BCUT2D eigenvalue weighted by Gasteiger charge is 2.31. The maximum atomic E-state index is 11.6. The Hall–Kier alpha value is -0.610. The maximum Gasteiger partial charge on any atom is 0.325 e. The van der Waals surface area contributed by atoms with E-state index >= 15 is 0 Å². The summed E-state index contributed by atoms with van der Waals surface area (Å²) >= 11 is 0. The van der Waals surface area contributed by atoms with E-state index in [-0.39, 0.29) is 5.97 Å². The smallest absolute Gasteiger partial charge is 0.325 e. The van der Waals surface area contributed by atoms with Gasteiger partial charge in [-0.2, -0.15) is 0 Å². The van der Waals surface area contributed by atoms with Crippen molar-refractivity contribution in [3.05, 3.63) is 0 Å². The highest BCUT2D eigenvalue weighted by molar-refractivity contribution is 5.80. The van der Waals surface area contributed by atoms with Gasteiger partial charge in [0.2, 0.25) is 0 Å². The molecule has 1 atom stereocenters. The van der Waals surface area contributed by atoms with Crippen molar-refractivity contribution in [1.82, 2.24) is 5.32 Å². The lowest BCUT2D eigenvalue weighted by Crippen LogP contribution is -2.48. The molecule has 4 nitrogen and oxygen atoms in total. The van der Waals surface area contributed by atoms with Crippen LogP contribution in [0, 0.1) is 5.41 Å². The van der Waals surface area contributed by atoms with Crippen molar-refractivity contribution in [1.29, 1.82) is 0 Å². The summed E-state index contributed by atoms with van der Waals surface area (Å²) in [5, 5.41) is 3.01. The van der Waals surface area contributed by atoms with E-state index in [1.165, 1.54) is 7.11 Å². The van der Waals surface area contributed by atoms with Crippen LogP contribution in [0.15, 0.2) is 0 Å². The minimum Gasteiger partial charge on any atom is -0.468 e. The fraction of sp³-hybridized carbons (Fsp3) is 0.929. The van der Waals surface area contributed by atoms with Gasteiger partial charge in [-0.25, -0.2) is 0 Å². The van der Waals surface area contributed by atoms with Crippen LogP contribution in [0.3, 0.4) is 0 Å². The number of rotatable bonds is 8. The van der Waals surface area contributed by atoms with Crippen molar-refractivity contribution in [2.45, 2.75) is 52.5 Å². The average Bonchev–Trinajstić information content (AvgIpc) is 2.30. The van der Waals surface area contributed by atoms with Gasteiger partial charge in [0.1, 0.15) is 5.54 Å². The number of esters is 1. The number of nitrogens with one attached hydrogen (secondary N) is 1. The summed E-state index contributed by atoms with van der Waals surface area (Å²) in [7, 11) is 3.19. The summed E-state index contributed by atoms with van der Waals surface area (Å²) in [6, 6.07) is 0. The molecule has 0 spiro atoms.